The summed E-state index contributed by atoms with van der Waals surface area (Å²) in [7, 11) is 1.57. The molecule has 32 heavy (non-hydrogen) atoms. The Balaban J connectivity index is 1.38. The summed E-state index contributed by atoms with van der Waals surface area (Å²) < 4.78 is 16.7. The summed E-state index contributed by atoms with van der Waals surface area (Å²) in [6.07, 6.45) is 3.18. The highest BCUT2D eigenvalue weighted by molar-refractivity contribution is 6.04. The highest BCUT2D eigenvalue weighted by atomic mass is 16.6. The topological polar surface area (TPSA) is 85.5 Å². The molecular formula is C25H21N3O4. The van der Waals surface area contributed by atoms with Gasteiger partial charge in [0.2, 0.25) is 11.7 Å². The van der Waals surface area contributed by atoms with E-state index in [1.807, 2.05) is 54.6 Å². The number of para-hydroxylation sites is 3. The molecule has 0 bridgehead atoms. The number of rotatable bonds is 5. The second kappa shape index (κ2) is 8.47. The lowest BCUT2D eigenvalue weighted by Crippen LogP contribution is -2.16. The smallest absolute Gasteiger partial charge is 0.248 e. The fourth-order valence-corrected chi connectivity index (χ4v) is 3.61. The maximum Gasteiger partial charge on any atom is 0.248 e. The molecule has 1 aromatic heterocycles. The van der Waals surface area contributed by atoms with Gasteiger partial charge in [-0.3, -0.25) is 4.79 Å². The quantitative estimate of drug-likeness (QED) is 0.453. The summed E-state index contributed by atoms with van der Waals surface area (Å²) in [5.41, 5.74) is 4.06. The number of hydrogen-bond donors (Lipinski definition) is 2. The highest BCUT2D eigenvalue weighted by Crippen LogP contribution is 2.40. The van der Waals surface area contributed by atoms with Gasteiger partial charge in [0.05, 0.1) is 23.8 Å². The monoisotopic (exact) mass is 427 g/mol. The van der Waals surface area contributed by atoms with Gasteiger partial charge in [-0.05, 0) is 48.0 Å². The number of aromatic nitrogens is 2. The number of H-pyrrole nitrogens is 1. The van der Waals surface area contributed by atoms with Gasteiger partial charge in [0.1, 0.15) is 19.0 Å². The number of fused-ring (bicyclic) bond motifs is 2. The molecule has 0 radical (unpaired) electrons. The van der Waals surface area contributed by atoms with Crippen molar-refractivity contribution in [2.24, 2.45) is 0 Å². The van der Waals surface area contributed by atoms with E-state index in [2.05, 4.69) is 15.3 Å². The molecule has 0 spiro atoms. The third-order valence-corrected chi connectivity index (χ3v) is 5.11. The average molecular weight is 427 g/mol. The van der Waals surface area contributed by atoms with Gasteiger partial charge in [0, 0.05) is 11.6 Å². The number of nitrogens with zero attached hydrogens (tertiary/aromatic N) is 1. The van der Waals surface area contributed by atoms with E-state index in [0.29, 0.717) is 42.0 Å². The van der Waals surface area contributed by atoms with Crippen molar-refractivity contribution in [3.63, 3.8) is 0 Å². The minimum atomic E-state index is -0.262. The average Bonchev–Trinajstić information content (AvgIpc) is 3.26. The van der Waals surface area contributed by atoms with E-state index in [0.717, 1.165) is 22.2 Å². The Bertz CT molecular complexity index is 1280. The lowest BCUT2D eigenvalue weighted by atomic mass is 10.1. The Morgan fingerprint density at radius 3 is 2.78 bits per heavy atom. The number of methoxy groups -OCH3 is 1. The SMILES string of the molecule is COc1cc(/C=C/C(=O)Nc2ccccc2-c2nc3ccccc3[nH]2)cc2c1OCCO2. The molecule has 0 fully saturated rings. The first-order valence-electron chi connectivity index (χ1n) is 10.2. The molecule has 0 unspecified atom stereocenters. The first kappa shape index (κ1) is 19.7. The van der Waals surface area contributed by atoms with Crippen LogP contribution in [0.15, 0.2) is 66.7 Å². The number of carbonyl (C=O) groups excluding carboxylic acids is 1. The molecule has 2 N–H and O–H groups in total. The number of ether oxygens (including phenoxy) is 3. The fraction of sp³-hybridized carbons (Fsp3) is 0.120. The van der Waals surface area contributed by atoms with Crippen LogP contribution >= 0.6 is 0 Å². The number of amides is 1. The summed E-state index contributed by atoms with van der Waals surface area (Å²) >= 11 is 0. The molecule has 0 saturated carbocycles. The van der Waals surface area contributed by atoms with Gasteiger partial charge in [-0.2, -0.15) is 0 Å². The van der Waals surface area contributed by atoms with Crippen molar-refractivity contribution >= 4 is 28.7 Å². The molecule has 5 rings (SSSR count). The Labute approximate surface area is 184 Å². The van der Waals surface area contributed by atoms with Crippen LogP contribution in [-0.2, 0) is 4.79 Å². The summed E-state index contributed by atoms with van der Waals surface area (Å²) in [5, 5.41) is 2.94. The first-order chi connectivity index (χ1) is 15.7. The molecule has 1 aliphatic rings. The number of benzene rings is 3. The molecule has 3 aromatic carbocycles. The maximum absolute atomic E-state index is 12.7. The van der Waals surface area contributed by atoms with Crippen molar-refractivity contribution in [1.82, 2.24) is 9.97 Å². The molecule has 1 aliphatic heterocycles. The van der Waals surface area contributed by atoms with E-state index in [1.165, 1.54) is 6.08 Å². The van der Waals surface area contributed by atoms with Crippen LogP contribution in [0.1, 0.15) is 5.56 Å². The zero-order valence-electron chi connectivity index (χ0n) is 17.4. The van der Waals surface area contributed by atoms with Gasteiger partial charge in [0.25, 0.3) is 0 Å². The van der Waals surface area contributed by atoms with E-state index in [1.54, 1.807) is 19.3 Å². The molecule has 0 aliphatic carbocycles. The summed E-state index contributed by atoms with van der Waals surface area (Å²) in [6, 6.07) is 19.0. The number of imidazole rings is 1. The molecule has 4 aromatic rings. The molecule has 0 atom stereocenters. The van der Waals surface area contributed by atoms with E-state index >= 15 is 0 Å². The molecule has 1 amide bonds. The number of aromatic amines is 1. The third kappa shape index (κ3) is 3.88. The third-order valence-electron chi connectivity index (χ3n) is 5.11. The Kier molecular flexibility index (Phi) is 5.21. The highest BCUT2D eigenvalue weighted by Gasteiger charge is 2.18. The minimum absolute atomic E-state index is 0.262. The Morgan fingerprint density at radius 2 is 1.91 bits per heavy atom. The normalized spacial score (nSPS) is 12.8. The standard InChI is InChI=1S/C25H21N3O4/c1-30-21-14-16(15-22-24(21)32-13-12-31-22)10-11-23(29)26-18-7-3-2-6-17(18)25-27-19-8-4-5-9-20(19)28-25/h2-11,14-15H,12-13H2,1H3,(H,26,29)(H,27,28)/b11-10+. The van der Waals surface area contributed by atoms with E-state index in [9.17, 15) is 4.79 Å². The number of nitrogens with one attached hydrogen (secondary N) is 2. The van der Waals surface area contributed by atoms with E-state index in [-0.39, 0.29) is 5.91 Å². The lowest BCUT2D eigenvalue weighted by Gasteiger charge is -2.20. The number of hydrogen-bond acceptors (Lipinski definition) is 5. The molecule has 2 heterocycles. The van der Waals surface area contributed by atoms with Crippen molar-refractivity contribution < 1.29 is 19.0 Å². The number of anilines is 1. The lowest BCUT2D eigenvalue weighted by molar-refractivity contribution is -0.111. The van der Waals surface area contributed by atoms with Crippen LogP contribution in [0.5, 0.6) is 17.2 Å². The number of carbonyl (C=O) groups is 1. The van der Waals surface area contributed by atoms with E-state index in [4.69, 9.17) is 14.2 Å². The van der Waals surface area contributed by atoms with Crippen LogP contribution < -0.4 is 19.5 Å². The largest absolute Gasteiger partial charge is 0.493 e. The second-order valence-corrected chi connectivity index (χ2v) is 7.22. The fourth-order valence-electron chi connectivity index (χ4n) is 3.61. The minimum Gasteiger partial charge on any atom is -0.493 e. The van der Waals surface area contributed by atoms with Crippen molar-refractivity contribution in [3.8, 4) is 28.6 Å². The van der Waals surface area contributed by atoms with Crippen molar-refractivity contribution in [2.75, 3.05) is 25.6 Å². The second-order valence-electron chi connectivity index (χ2n) is 7.22. The molecule has 0 saturated heterocycles. The summed E-state index contributed by atoms with van der Waals surface area (Å²) in [5.74, 6) is 2.19. The van der Waals surface area contributed by atoms with Crippen LogP contribution in [-0.4, -0.2) is 36.2 Å². The molecule has 160 valence electrons. The van der Waals surface area contributed by atoms with E-state index < -0.39 is 0 Å². The van der Waals surface area contributed by atoms with Crippen LogP contribution in [0.25, 0.3) is 28.5 Å². The van der Waals surface area contributed by atoms with Gasteiger partial charge >= 0.3 is 0 Å². The van der Waals surface area contributed by atoms with Gasteiger partial charge in [-0.1, -0.05) is 24.3 Å². The van der Waals surface area contributed by atoms with Crippen LogP contribution in [0.2, 0.25) is 0 Å². The van der Waals surface area contributed by atoms with Gasteiger partial charge < -0.3 is 24.5 Å². The van der Waals surface area contributed by atoms with Crippen LogP contribution in [0.4, 0.5) is 5.69 Å². The molecular weight excluding hydrogens is 406 g/mol. The predicted octanol–water partition coefficient (Wildman–Crippen LogP) is 4.66. The zero-order chi connectivity index (χ0) is 21.9. The van der Waals surface area contributed by atoms with Gasteiger partial charge in [-0.25, -0.2) is 4.98 Å². The van der Waals surface area contributed by atoms with Gasteiger partial charge in [0.15, 0.2) is 11.5 Å². The zero-order valence-corrected chi connectivity index (χ0v) is 17.4. The molecule has 7 heteroatoms. The summed E-state index contributed by atoms with van der Waals surface area (Å²) in [4.78, 5) is 20.6. The Hall–Kier alpha value is -4.26. The van der Waals surface area contributed by atoms with Crippen molar-refractivity contribution in [3.05, 3.63) is 72.3 Å². The van der Waals surface area contributed by atoms with Gasteiger partial charge in [-0.15, -0.1) is 0 Å². The van der Waals surface area contributed by atoms with Crippen LogP contribution in [0, 0.1) is 0 Å². The maximum atomic E-state index is 12.7. The van der Waals surface area contributed by atoms with Crippen molar-refractivity contribution in [1.29, 1.82) is 0 Å². The molecule has 7 nitrogen and oxygen atoms in total. The first-order valence-corrected chi connectivity index (χ1v) is 10.2. The summed E-state index contributed by atoms with van der Waals surface area (Å²) in [6.45, 7) is 0.952. The Morgan fingerprint density at radius 1 is 1.09 bits per heavy atom. The van der Waals surface area contributed by atoms with Crippen molar-refractivity contribution in [2.45, 2.75) is 0 Å². The van der Waals surface area contributed by atoms with Crippen LogP contribution in [0.3, 0.4) is 0 Å². The predicted molar refractivity (Wildman–Crippen MR) is 123 cm³/mol.